The summed E-state index contributed by atoms with van der Waals surface area (Å²) in [4.78, 5) is 24.4. The van der Waals surface area contributed by atoms with Crippen LogP contribution in [0.4, 0.5) is 5.69 Å². The van der Waals surface area contributed by atoms with Crippen molar-refractivity contribution >= 4 is 50.7 Å². The number of nitrogens with zero attached hydrogens (tertiary/aromatic N) is 1. The zero-order valence-corrected chi connectivity index (χ0v) is 18.5. The Morgan fingerprint density at radius 2 is 1.39 bits per heavy atom. The van der Waals surface area contributed by atoms with Crippen molar-refractivity contribution < 1.29 is 18.0 Å². The number of nitrogens with one attached hydrogen (secondary N) is 2. The van der Waals surface area contributed by atoms with Crippen LogP contribution in [0.25, 0.3) is 0 Å². The molecular weight excluding hydrogens is 461 g/mol. The molecule has 0 spiro atoms. The molecule has 0 bridgehead atoms. The van der Waals surface area contributed by atoms with Crippen LogP contribution in [0, 0.1) is 0 Å². The van der Waals surface area contributed by atoms with E-state index in [2.05, 4.69) is 10.9 Å². The van der Waals surface area contributed by atoms with Crippen molar-refractivity contribution in [1.82, 2.24) is 10.9 Å². The summed E-state index contributed by atoms with van der Waals surface area (Å²) >= 11 is 11.7. The average molecular weight is 478 g/mol. The second-order valence-corrected chi connectivity index (χ2v) is 9.24. The molecule has 0 atom stereocenters. The summed E-state index contributed by atoms with van der Waals surface area (Å²) in [6, 6.07) is 18.0. The summed E-state index contributed by atoms with van der Waals surface area (Å²) in [7, 11) is -2.56. The summed E-state index contributed by atoms with van der Waals surface area (Å²) in [5.41, 5.74) is 5.26. The average Bonchev–Trinajstić information content (AvgIpc) is 2.77. The monoisotopic (exact) mass is 477 g/mol. The summed E-state index contributed by atoms with van der Waals surface area (Å²) in [5.74, 6) is -1.22. The van der Waals surface area contributed by atoms with E-state index < -0.39 is 21.8 Å². The van der Waals surface area contributed by atoms with Crippen LogP contribution >= 0.6 is 23.2 Å². The minimum atomic E-state index is -3.95. The zero-order valence-electron chi connectivity index (χ0n) is 16.2. The topological polar surface area (TPSA) is 95.6 Å². The zero-order chi connectivity index (χ0) is 22.6. The largest absolute Gasteiger partial charge is 0.269 e. The van der Waals surface area contributed by atoms with E-state index in [1.54, 1.807) is 30.3 Å². The molecule has 0 heterocycles. The van der Waals surface area contributed by atoms with Gasteiger partial charge >= 0.3 is 0 Å². The number of hydrazine groups is 1. The second kappa shape index (κ2) is 9.38. The second-order valence-electron chi connectivity index (χ2n) is 6.40. The normalized spacial score (nSPS) is 10.9. The highest BCUT2D eigenvalue weighted by Crippen LogP contribution is 2.25. The molecule has 0 saturated carbocycles. The third kappa shape index (κ3) is 5.35. The maximum atomic E-state index is 13.0. The number of hydrogen-bond acceptors (Lipinski definition) is 4. The lowest BCUT2D eigenvalue weighted by atomic mass is 10.2. The first-order chi connectivity index (χ1) is 14.7. The molecule has 0 aliphatic heterocycles. The van der Waals surface area contributed by atoms with Gasteiger partial charge in [0.15, 0.2) is 0 Å². The van der Waals surface area contributed by atoms with Crippen molar-refractivity contribution in [3.05, 3.63) is 94.0 Å². The molecule has 7 nitrogen and oxygen atoms in total. The van der Waals surface area contributed by atoms with Crippen LogP contribution in [0.3, 0.4) is 0 Å². The Balaban J connectivity index is 1.75. The molecule has 160 valence electrons. The highest BCUT2D eigenvalue weighted by molar-refractivity contribution is 7.92. The van der Waals surface area contributed by atoms with Crippen LogP contribution in [0.5, 0.6) is 0 Å². The van der Waals surface area contributed by atoms with Crippen molar-refractivity contribution in [2.75, 3.05) is 11.4 Å². The van der Waals surface area contributed by atoms with Crippen LogP contribution in [-0.4, -0.2) is 27.3 Å². The molecule has 10 heteroatoms. The Morgan fingerprint density at radius 1 is 0.774 bits per heavy atom. The first kappa shape index (κ1) is 22.6. The van der Waals surface area contributed by atoms with E-state index in [4.69, 9.17) is 23.2 Å². The van der Waals surface area contributed by atoms with Crippen molar-refractivity contribution in [1.29, 1.82) is 0 Å². The summed E-state index contributed by atoms with van der Waals surface area (Å²) in [5, 5.41) is 0.866. The maximum Gasteiger partial charge on any atom is 0.269 e. The van der Waals surface area contributed by atoms with Gasteiger partial charge in [-0.1, -0.05) is 35.3 Å². The van der Waals surface area contributed by atoms with Crippen LogP contribution in [0.2, 0.25) is 10.0 Å². The van der Waals surface area contributed by atoms with Gasteiger partial charge in [-0.2, -0.15) is 0 Å². The van der Waals surface area contributed by atoms with Crippen LogP contribution < -0.4 is 15.2 Å². The molecule has 3 aromatic rings. The molecule has 0 aliphatic rings. The van der Waals surface area contributed by atoms with E-state index in [0.29, 0.717) is 21.3 Å². The molecule has 2 N–H and O–H groups in total. The fraction of sp³-hybridized carbons (Fsp3) is 0.0476. The van der Waals surface area contributed by atoms with E-state index in [-0.39, 0.29) is 10.5 Å². The lowest BCUT2D eigenvalue weighted by Gasteiger charge is -2.20. The van der Waals surface area contributed by atoms with Gasteiger partial charge in [-0.05, 0) is 60.7 Å². The predicted molar refractivity (Wildman–Crippen MR) is 120 cm³/mol. The standard InChI is InChI=1S/C21H17Cl2N3O4S/c1-26(18-6-3-5-17(23)13-18)31(29,30)19-7-2-4-15(12-19)21(28)25-24-20(27)14-8-10-16(22)11-9-14/h2-13H,1H3,(H,24,27)(H,25,28). The van der Waals surface area contributed by atoms with E-state index in [1.807, 2.05) is 0 Å². The molecule has 0 aliphatic carbocycles. The number of benzene rings is 3. The molecular formula is C21H17Cl2N3O4S. The third-order valence-electron chi connectivity index (χ3n) is 4.32. The molecule has 0 fully saturated rings. The Hall–Kier alpha value is -3.07. The molecule has 0 unspecified atom stereocenters. The van der Waals surface area contributed by atoms with E-state index >= 15 is 0 Å². The van der Waals surface area contributed by atoms with Crippen molar-refractivity contribution in [3.63, 3.8) is 0 Å². The summed E-state index contributed by atoms with van der Waals surface area (Å²) in [6.07, 6.45) is 0. The quantitative estimate of drug-likeness (QED) is 0.544. The lowest BCUT2D eigenvalue weighted by molar-refractivity contribution is 0.0846. The highest BCUT2D eigenvalue weighted by Gasteiger charge is 2.23. The Bertz CT molecular complexity index is 1230. The molecule has 3 rings (SSSR count). The number of amides is 2. The molecule has 0 saturated heterocycles. The van der Waals surface area contributed by atoms with E-state index in [0.717, 1.165) is 4.31 Å². The van der Waals surface area contributed by atoms with Gasteiger partial charge < -0.3 is 0 Å². The minimum absolute atomic E-state index is 0.0528. The van der Waals surface area contributed by atoms with Crippen LogP contribution in [0.1, 0.15) is 20.7 Å². The number of sulfonamides is 1. The Morgan fingerprint density at radius 3 is 2.03 bits per heavy atom. The van der Waals surface area contributed by atoms with Gasteiger partial charge in [-0.25, -0.2) is 8.42 Å². The maximum absolute atomic E-state index is 13.0. The number of carbonyl (C=O) groups is 2. The van der Waals surface area contributed by atoms with Crippen molar-refractivity contribution in [2.45, 2.75) is 4.90 Å². The van der Waals surface area contributed by atoms with Crippen molar-refractivity contribution in [3.8, 4) is 0 Å². The van der Waals surface area contributed by atoms with Gasteiger partial charge in [-0.15, -0.1) is 0 Å². The van der Waals surface area contributed by atoms with E-state index in [9.17, 15) is 18.0 Å². The molecule has 3 aromatic carbocycles. The van der Waals surface area contributed by atoms with Crippen LogP contribution in [0.15, 0.2) is 77.7 Å². The highest BCUT2D eigenvalue weighted by atomic mass is 35.5. The smallest absolute Gasteiger partial charge is 0.269 e. The number of rotatable bonds is 5. The van der Waals surface area contributed by atoms with Gasteiger partial charge in [0.05, 0.1) is 10.6 Å². The third-order valence-corrected chi connectivity index (χ3v) is 6.59. The van der Waals surface area contributed by atoms with Gasteiger partial charge in [-0.3, -0.25) is 24.7 Å². The number of carbonyl (C=O) groups excluding carboxylic acids is 2. The number of anilines is 1. The van der Waals surface area contributed by atoms with Gasteiger partial charge in [0, 0.05) is 28.2 Å². The minimum Gasteiger partial charge on any atom is -0.269 e. The van der Waals surface area contributed by atoms with Gasteiger partial charge in [0.1, 0.15) is 0 Å². The summed E-state index contributed by atoms with van der Waals surface area (Å²) in [6.45, 7) is 0. The fourth-order valence-corrected chi connectivity index (χ4v) is 4.17. The molecule has 31 heavy (non-hydrogen) atoms. The Labute approximate surface area is 189 Å². The molecule has 0 aromatic heterocycles. The summed E-state index contributed by atoms with van der Waals surface area (Å²) < 4.78 is 27.0. The molecule has 2 amide bonds. The van der Waals surface area contributed by atoms with Gasteiger partial charge in [0.25, 0.3) is 21.8 Å². The lowest BCUT2D eigenvalue weighted by Crippen LogP contribution is -2.41. The van der Waals surface area contributed by atoms with E-state index in [1.165, 1.54) is 49.5 Å². The Kier molecular flexibility index (Phi) is 6.84. The van der Waals surface area contributed by atoms with Crippen molar-refractivity contribution in [2.24, 2.45) is 0 Å². The molecule has 0 radical (unpaired) electrons. The van der Waals surface area contributed by atoms with Gasteiger partial charge in [0.2, 0.25) is 0 Å². The number of hydrogen-bond donors (Lipinski definition) is 2. The number of halogens is 2. The SMILES string of the molecule is CN(c1cccc(Cl)c1)S(=O)(=O)c1cccc(C(=O)NNC(=O)c2ccc(Cl)cc2)c1. The fourth-order valence-electron chi connectivity index (χ4n) is 2.63. The van der Waals surface area contributed by atoms with Crippen LogP contribution in [-0.2, 0) is 10.0 Å². The predicted octanol–water partition coefficient (Wildman–Crippen LogP) is 3.89. The first-order valence-corrected chi connectivity index (χ1v) is 11.1. The first-order valence-electron chi connectivity index (χ1n) is 8.89.